The van der Waals surface area contributed by atoms with Gasteiger partial charge in [0.2, 0.25) is 0 Å². The summed E-state index contributed by atoms with van der Waals surface area (Å²) in [5.74, 6) is 0.237. The van der Waals surface area contributed by atoms with E-state index in [2.05, 4.69) is 20.8 Å². The van der Waals surface area contributed by atoms with Gasteiger partial charge in [0.05, 0.1) is 12.1 Å². The van der Waals surface area contributed by atoms with Crippen LogP contribution in [0.1, 0.15) is 16.1 Å². The maximum atomic E-state index is 13.2. The van der Waals surface area contributed by atoms with E-state index < -0.39 is 5.82 Å². The minimum atomic E-state index is -0.504. The lowest BCUT2D eigenvalue weighted by atomic mass is 10.2. The van der Waals surface area contributed by atoms with E-state index in [1.807, 2.05) is 24.3 Å². The van der Waals surface area contributed by atoms with Gasteiger partial charge in [-0.25, -0.2) is 4.39 Å². The number of para-hydroxylation sites is 1. The summed E-state index contributed by atoms with van der Waals surface area (Å²) in [7, 11) is 1.58. The molecule has 6 nitrogen and oxygen atoms in total. The molecule has 0 aliphatic carbocycles. The van der Waals surface area contributed by atoms with Crippen molar-refractivity contribution in [2.24, 2.45) is 0 Å². The summed E-state index contributed by atoms with van der Waals surface area (Å²) in [6.07, 6.45) is 0. The highest BCUT2D eigenvalue weighted by molar-refractivity contribution is 6.31. The van der Waals surface area contributed by atoms with Crippen LogP contribution in [0.5, 0.6) is 5.75 Å². The number of rotatable bonds is 6. The van der Waals surface area contributed by atoms with Crippen LogP contribution in [0, 0.1) is 5.82 Å². The lowest BCUT2D eigenvalue weighted by Gasteiger charge is -2.09. The summed E-state index contributed by atoms with van der Waals surface area (Å²) in [5.41, 5.74) is 1.59. The van der Waals surface area contributed by atoms with E-state index in [-0.39, 0.29) is 16.6 Å². The number of hydrogen-bond acceptors (Lipinski definition) is 5. The number of hydrogen-bond donors (Lipinski definition) is 2. The number of nitrogens with zero attached hydrogens (tertiary/aromatic N) is 2. The van der Waals surface area contributed by atoms with Gasteiger partial charge in [-0.15, -0.1) is 10.2 Å². The highest BCUT2D eigenvalue weighted by atomic mass is 35.5. The van der Waals surface area contributed by atoms with Gasteiger partial charge in [-0.2, -0.15) is 0 Å². The molecule has 1 amide bonds. The lowest BCUT2D eigenvalue weighted by Crippen LogP contribution is -2.24. The van der Waals surface area contributed by atoms with Crippen molar-refractivity contribution in [1.82, 2.24) is 15.5 Å². The van der Waals surface area contributed by atoms with Gasteiger partial charge in [-0.1, -0.05) is 29.8 Å². The number of aromatic nitrogens is 2. The van der Waals surface area contributed by atoms with Crippen molar-refractivity contribution in [3.63, 3.8) is 0 Å². The minimum Gasteiger partial charge on any atom is -0.496 e. The monoisotopic (exact) mass is 386 g/mol. The molecule has 3 aromatic rings. The summed E-state index contributed by atoms with van der Waals surface area (Å²) >= 11 is 5.74. The first-order valence-electron chi connectivity index (χ1n) is 8.02. The van der Waals surface area contributed by atoms with E-state index in [0.29, 0.717) is 23.8 Å². The van der Waals surface area contributed by atoms with Crippen molar-refractivity contribution in [2.75, 3.05) is 12.4 Å². The maximum Gasteiger partial charge on any atom is 0.272 e. The smallest absolute Gasteiger partial charge is 0.272 e. The zero-order valence-corrected chi connectivity index (χ0v) is 15.1. The Labute approximate surface area is 160 Å². The van der Waals surface area contributed by atoms with Gasteiger partial charge in [0, 0.05) is 17.8 Å². The fourth-order valence-electron chi connectivity index (χ4n) is 2.36. The van der Waals surface area contributed by atoms with Crippen LogP contribution in [0.2, 0.25) is 5.02 Å². The summed E-state index contributed by atoms with van der Waals surface area (Å²) < 4.78 is 18.4. The molecule has 0 spiro atoms. The van der Waals surface area contributed by atoms with E-state index >= 15 is 0 Å². The summed E-state index contributed by atoms with van der Waals surface area (Å²) in [6, 6.07) is 14.8. The molecule has 1 heterocycles. The maximum absolute atomic E-state index is 13.2. The third-order valence-electron chi connectivity index (χ3n) is 3.72. The summed E-state index contributed by atoms with van der Waals surface area (Å²) in [4.78, 5) is 12.2. The SMILES string of the molecule is COc1ccccc1CNC(=O)c1ccc(Nc2ccc(F)c(Cl)c2)nn1. The molecule has 0 unspecified atom stereocenters. The molecule has 3 rings (SSSR count). The molecule has 0 saturated carbocycles. The van der Waals surface area contributed by atoms with Crippen LogP contribution in [0.3, 0.4) is 0 Å². The molecule has 0 fully saturated rings. The first-order valence-corrected chi connectivity index (χ1v) is 8.40. The van der Waals surface area contributed by atoms with E-state index in [1.54, 1.807) is 13.2 Å². The van der Waals surface area contributed by atoms with E-state index in [4.69, 9.17) is 16.3 Å². The molecule has 0 radical (unpaired) electrons. The molecular weight excluding hydrogens is 371 g/mol. The molecule has 0 atom stereocenters. The zero-order chi connectivity index (χ0) is 19.2. The van der Waals surface area contributed by atoms with Gasteiger partial charge in [0.1, 0.15) is 11.6 Å². The number of carbonyl (C=O) groups is 1. The second kappa shape index (κ2) is 8.46. The molecule has 0 saturated heterocycles. The predicted octanol–water partition coefficient (Wildman–Crippen LogP) is 3.95. The molecular formula is C19H16ClFN4O2. The van der Waals surface area contributed by atoms with Crippen LogP contribution < -0.4 is 15.4 Å². The summed E-state index contributed by atoms with van der Waals surface area (Å²) in [5, 5.41) is 13.6. The van der Waals surface area contributed by atoms with Crippen molar-refractivity contribution < 1.29 is 13.9 Å². The number of halogens is 2. The number of nitrogens with one attached hydrogen (secondary N) is 2. The predicted molar refractivity (Wildman–Crippen MR) is 101 cm³/mol. The second-order valence-corrected chi connectivity index (χ2v) is 5.96. The summed E-state index contributed by atoms with van der Waals surface area (Å²) in [6.45, 7) is 0.304. The number of anilines is 2. The fourth-order valence-corrected chi connectivity index (χ4v) is 2.54. The molecule has 0 bridgehead atoms. The zero-order valence-electron chi connectivity index (χ0n) is 14.4. The van der Waals surface area contributed by atoms with Crippen molar-refractivity contribution in [3.8, 4) is 5.75 Å². The van der Waals surface area contributed by atoms with E-state index in [0.717, 1.165) is 5.56 Å². The largest absolute Gasteiger partial charge is 0.496 e. The topological polar surface area (TPSA) is 76.1 Å². The lowest BCUT2D eigenvalue weighted by molar-refractivity contribution is 0.0944. The number of methoxy groups -OCH3 is 1. The van der Waals surface area contributed by atoms with Gasteiger partial charge >= 0.3 is 0 Å². The van der Waals surface area contributed by atoms with Gasteiger partial charge in [0.15, 0.2) is 11.5 Å². The van der Waals surface area contributed by atoms with Gasteiger partial charge in [-0.3, -0.25) is 4.79 Å². The first kappa shape index (κ1) is 18.6. The number of benzene rings is 2. The Morgan fingerprint density at radius 2 is 1.96 bits per heavy atom. The highest BCUT2D eigenvalue weighted by Gasteiger charge is 2.10. The number of ether oxygens (including phenoxy) is 1. The van der Waals surface area contributed by atoms with Crippen LogP contribution in [-0.4, -0.2) is 23.2 Å². The Hall–Kier alpha value is -3.19. The Kier molecular flexibility index (Phi) is 5.83. The molecule has 2 N–H and O–H groups in total. The van der Waals surface area contributed by atoms with E-state index in [1.165, 1.54) is 24.3 Å². The molecule has 138 valence electrons. The molecule has 8 heteroatoms. The third kappa shape index (κ3) is 4.71. The van der Waals surface area contributed by atoms with Crippen molar-refractivity contribution >= 4 is 29.0 Å². The second-order valence-electron chi connectivity index (χ2n) is 5.55. The molecule has 1 aromatic heterocycles. The van der Waals surface area contributed by atoms with Crippen LogP contribution in [-0.2, 0) is 6.54 Å². The third-order valence-corrected chi connectivity index (χ3v) is 4.01. The minimum absolute atomic E-state index is 0.000275. The highest BCUT2D eigenvalue weighted by Crippen LogP contribution is 2.21. The molecule has 2 aromatic carbocycles. The number of carbonyl (C=O) groups excluding carboxylic acids is 1. The Balaban J connectivity index is 1.62. The average Bonchev–Trinajstić information content (AvgIpc) is 2.69. The Morgan fingerprint density at radius 3 is 2.67 bits per heavy atom. The van der Waals surface area contributed by atoms with Gasteiger partial charge < -0.3 is 15.4 Å². The van der Waals surface area contributed by atoms with Crippen LogP contribution in [0.4, 0.5) is 15.9 Å². The standard InChI is InChI=1S/C19H16ClFN4O2/c1-27-17-5-3-2-4-12(17)11-22-19(26)16-8-9-18(25-24-16)23-13-6-7-15(21)14(20)10-13/h2-10H,11H2,1H3,(H,22,26)(H,23,25). The van der Waals surface area contributed by atoms with Gasteiger partial charge in [-0.05, 0) is 36.4 Å². The average molecular weight is 387 g/mol. The van der Waals surface area contributed by atoms with Crippen LogP contribution in [0.15, 0.2) is 54.6 Å². The number of amides is 1. The quantitative estimate of drug-likeness (QED) is 0.670. The first-order chi connectivity index (χ1) is 13.1. The van der Waals surface area contributed by atoms with E-state index in [9.17, 15) is 9.18 Å². The molecule has 0 aliphatic heterocycles. The van der Waals surface area contributed by atoms with Crippen molar-refractivity contribution in [2.45, 2.75) is 6.54 Å². The Bertz CT molecular complexity index is 951. The van der Waals surface area contributed by atoms with Crippen LogP contribution >= 0.6 is 11.6 Å². The van der Waals surface area contributed by atoms with Crippen LogP contribution in [0.25, 0.3) is 0 Å². The molecule has 0 aliphatic rings. The normalized spacial score (nSPS) is 10.3. The molecule has 27 heavy (non-hydrogen) atoms. The van der Waals surface area contributed by atoms with Gasteiger partial charge in [0.25, 0.3) is 5.91 Å². The fraction of sp³-hybridized carbons (Fsp3) is 0.105. The van der Waals surface area contributed by atoms with Crippen molar-refractivity contribution in [1.29, 1.82) is 0 Å². The Morgan fingerprint density at radius 1 is 1.15 bits per heavy atom. The van der Waals surface area contributed by atoms with Crippen molar-refractivity contribution in [3.05, 3.63) is 76.7 Å².